The summed E-state index contributed by atoms with van der Waals surface area (Å²) in [5.41, 5.74) is -0.628. The fourth-order valence-electron chi connectivity index (χ4n) is 3.03. The quantitative estimate of drug-likeness (QED) is 0.641. The second-order valence-corrected chi connectivity index (χ2v) is 8.02. The minimum Gasteiger partial charge on any atom is -0.455 e. The highest BCUT2D eigenvalue weighted by molar-refractivity contribution is 6.16. The zero-order chi connectivity index (χ0) is 22.8. The number of ether oxygens (including phenoxy) is 1. The second-order valence-electron chi connectivity index (χ2n) is 8.02. The largest absolute Gasteiger partial charge is 0.455 e. The Morgan fingerprint density at radius 2 is 1.71 bits per heavy atom. The minimum atomic E-state index is -0.962. The first kappa shape index (κ1) is 22.4. The van der Waals surface area contributed by atoms with Gasteiger partial charge >= 0.3 is 0 Å². The molecule has 1 fully saturated rings. The zero-order valence-corrected chi connectivity index (χ0v) is 17.6. The number of anilines is 2. The van der Waals surface area contributed by atoms with Crippen LogP contribution in [0.3, 0.4) is 0 Å². The smallest absolute Gasteiger partial charge is 0.233 e. The third-order valence-corrected chi connectivity index (χ3v) is 5.36. The number of imide groups is 1. The maximum Gasteiger partial charge on any atom is 0.233 e. The van der Waals surface area contributed by atoms with Gasteiger partial charge in [-0.25, -0.2) is 8.78 Å². The average Bonchev–Trinajstić information content (AvgIpc) is 2.71. The van der Waals surface area contributed by atoms with E-state index in [0.717, 1.165) is 11.0 Å². The van der Waals surface area contributed by atoms with Crippen molar-refractivity contribution in [2.24, 2.45) is 5.41 Å². The number of rotatable bonds is 6. The van der Waals surface area contributed by atoms with E-state index in [1.807, 2.05) is 6.92 Å². The first-order chi connectivity index (χ1) is 14.6. The Morgan fingerprint density at radius 3 is 2.29 bits per heavy atom. The molecule has 0 aliphatic carbocycles. The molecule has 0 spiro atoms. The lowest BCUT2D eigenvalue weighted by atomic mass is 9.89. The van der Waals surface area contributed by atoms with Crippen LogP contribution in [0.15, 0.2) is 36.4 Å². The number of hydrogen-bond donors (Lipinski definition) is 1. The number of amides is 3. The summed E-state index contributed by atoms with van der Waals surface area (Å²) in [5, 5.41) is 2.49. The molecular formula is C23H24F2N2O4. The number of nitrogens with one attached hydrogen (secondary N) is 1. The fraction of sp³-hybridized carbons (Fsp3) is 0.348. The lowest BCUT2D eigenvalue weighted by Gasteiger charge is -2.25. The highest BCUT2D eigenvalue weighted by atomic mass is 19.1. The number of benzene rings is 2. The van der Waals surface area contributed by atoms with Gasteiger partial charge in [0.25, 0.3) is 0 Å². The van der Waals surface area contributed by atoms with Crippen LogP contribution in [0.25, 0.3) is 0 Å². The predicted molar refractivity (Wildman–Crippen MR) is 112 cm³/mol. The van der Waals surface area contributed by atoms with E-state index < -0.39 is 23.0 Å². The fourth-order valence-corrected chi connectivity index (χ4v) is 3.03. The van der Waals surface area contributed by atoms with E-state index >= 15 is 0 Å². The molecular weight excluding hydrogens is 406 g/mol. The maximum atomic E-state index is 14.4. The van der Waals surface area contributed by atoms with Crippen LogP contribution in [-0.2, 0) is 14.4 Å². The molecule has 1 aliphatic heterocycles. The molecule has 3 rings (SSSR count). The summed E-state index contributed by atoms with van der Waals surface area (Å²) >= 11 is 0. The van der Waals surface area contributed by atoms with Gasteiger partial charge in [0.2, 0.25) is 17.7 Å². The molecule has 0 aromatic heterocycles. The highest BCUT2D eigenvalue weighted by Gasteiger charge is 2.29. The van der Waals surface area contributed by atoms with Crippen LogP contribution in [0.4, 0.5) is 20.2 Å². The molecule has 1 aliphatic rings. The van der Waals surface area contributed by atoms with Gasteiger partial charge in [-0.2, -0.15) is 0 Å². The number of halogens is 2. The first-order valence-corrected chi connectivity index (χ1v) is 10.1. The standard InChI is InChI=1S/C23H24F2N2O4/c1-4-23(2,3)22(30)26-21-17(25)12-14(24)13-18(21)31-16-10-8-15(9-11-16)27-19(28)6-5-7-20(27)29/h8-13H,4-7H2,1-3H3,(H,26,30). The molecule has 1 saturated heterocycles. The highest BCUT2D eigenvalue weighted by Crippen LogP contribution is 2.35. The van der Waals surface area contributed by atoms with E-state index in [0.29, 0.717) is 37.4 Å². The van der Waals surface area contributed by atoms with Crippen molar-refractivity contribution in [1.82, 2.24) is 0 Å². The molecule has 1 N–H and O–H groups in total. The normalized spacial score (nSPS) is 14.5. The van der Waals surface area contributed by atoms with Gasteiger partial charge in [0.1, 0.15) is 17.3 Å². The van der Waals surface area contributed by atoms with E-state index in [-0.39, 0.29) is 29.0 Å². The molecule has 164 valence electrons. The van der Waals surface area contributed by atoms with Gasteiger partial charge in [-0.05, 0) is 37.1 Å². The van der Waals surface area contributed by atoms with Gasteiger partial charge in [0, 0.05) is 30.4 Å². The monoisotopic (exact) mass is 430 g/mol. The zero-order valence-electron chi connectivity index (χ0n) is 17.6. The minimum absolute atomic E-state index is 0.198. The van der Waals surface area contributed by atoms with Crippen molar-refractivity contribution in [3.63, 3.8) is 0 Å². The molecule has 1 heterocycles. The van der Waals surface area contributed by atoms with Gasteiger partial charge in [-0.3, -0.25) is 19.3 Å². The molecule has 31 heavy (non-hydrogen) atoms. The maximum absolute atomic E-state index is 14.4. The van der Waals surface area contributed by atoms with Crippen LogP contribution < -0.4 is 15.0 Å². The number of piperidine rings is 1. The van der Waals surface area contributed by atoms with Crippen LogP contribution in [0.5, 0.6) is 11.5 Å². The Labute approximate surface area is 179 Å². The molecule has 0 bridgehead atoms. The van der Waals surface area contributed by atoms with Crippen LogP contribution in [-0.4, -0.2) is 17.7 Å². The van der Waals surface area contributed by atoms with Crippen molar-refractivity contribution in [1.29, 1.82) is 0 Å². The molecule has 2 aromatic carbocycles. The van der Waals surface area contributed by atoms with E-state index in [1.165, 1.54) is 24.3 Å². The predicted octanol–water partition coefficient (Wildman–Crippen LogP) is 5.18. The number of hydrogen-bond acceptors (Lipinski definition) is 4. The lowest BCUT2D eigenvalue weighted by molar-refractivity contribution is -0.129. The summed E-state index contributed by atoms with van der Waals surface area (Å²) in [7, 11) is 0. The van der Waals surface area contributed by atoms with Crippen molar-refractivity contribution < 1.29 is 27.9 Å². The molecule has 3 amide bonds. The Bertz CT molecular complexity index is 1000. The average molecular weight is 430 g/mol. The van der Waals surface area contributed by atoms with Crippen molar-refractivity contribution in [2.45, 2.75) is 46.5 Å². The van der Waals surface area contributed by atoms with Crippen molar-refractivity contribution in [2.75, 3.05) is 10.2 Å². The number of nitrogens with zero attached hydrogens (tertiary/aromatic N) is 1. The van der Waals surface area contributed by atoms with Crippen LogP contribution >= 0.6 is 0 Å². The molecule has 8 heteroatoms. The summed E-state index contributed by atoms with van der Waals surface area (Å²) in [5.74, 6) is -2.78. The summed E-state index contributed by atoms with van der Waals surface area (Å²) < 4.78 is 33.9. The van der Waals surface area contributed by atoms with E-state index in [2.05, 4.69) is 5.32 Å². The topological polar surface area (TPSA) is 75.7 Å². The van der Waals surface area contributed by atoms with Crippen molar-refractivity contribution in [3.05, 3.63) is 48.0 Å². The van der Waals surface area contributed by atoms with E-state index in [4.69, 9.17) is 4.74 Å². The third kappa shape index (κ3) is 4.90. The van der Waals surface area contributed by atoms with Gasteiger partial charge in [-0.1, -0.05) is 20.8 Å². The summed E-state index contributed by atoms with van der Waals surface area (Å²) in [6.07, 6.45) is 1.64. The van der Waals surface area contributed by atoms with Crippen LogP contribution in [0.1, 0.15) is 46.5 Å². The van der Waals surface area contributed by atoms with Crippen molar-refractivity contribution in [3.8, 4) is 11.5 Å². The second kappa shape index (κ2) is 8.83. The van der Waals surface area contributed by atoms with E-state index in [1.54, 1.807) is 13.8 Å². The Morgan fingerprint density at radius 1 is 1.10 bits per heavy atom. The molecule has 2 aromatic rings. The molecule has 0 unspecified atom stereocenters. The number of carbonyl (C=O) groups excluding carboxylic acids is 3. The number of carbonyl (C=O) groups is 3. The van der Waals surface area contributed by atoms with Gasteiger partial charge < -0.3 is 10.1 Å². The van der Waals surface area contributed by atoms with Gasteiger partial charge in [0.15, 0.2) is 11.6 Å². The summed E-state index contributed by atoms with van der Waals surface area (Å²) in [6.45, 7) is 5.26. The van der Waals surface area contributed by atoms with Gasteiger partial charge in [-0.15, -0.1) is 0 Å². The molecule has 6 nitrogen and oxygen atoms in total. The third-order valence-electron chi connectivity index (χ3n) is 5.36. The Kier molecular flexibility index (Phi) is 6.38. The lowest BCUT2D eigenvalue weighted by Crippen LogP contribution is -2.40. The molecule has 0 saturated carbocycles. The summed E-state index contributed by atoms with van der Waals surface area (Å²) in [6, 6.07) is 7.64. The van der Waals surface area contributed by atoms with Gasteiger partial charge in [0.05, 0.1) is 5.69 Å². The Balaban J connectivity index is 1.86. The molecule has 0 atom stereocenters. The first-order valence-electron chi connectivity index (χ1n) is 10.1. The SMILES string of the molecule is CCC(C)(C)C(=O)Nc1c(F)cc(F)cc1Oc1ccc(N2C(=O)CCCC2=O)cc1. The molecule has 0 radical (unpaired) electrons. The van der Waals surface area contributed by atoms with E-state index in [9.17, 15) is 23.2 Å². The van der Waals surface area contributed by atoms with Crippen LogP contribution in [0.2, 0.25) is 0 Å². The summed E-state index contributed by atoms with van der Waals surface area (Å²) in [4.78, 5) is 37.7. The van der Waals surface area contributed by atoms with Crippen LogP contribution in [0, 0.1) is 17.0 Å². The van der Waals surface area contributed by atoms with Crippen molar-refractivity contribution >= 4 is 29.1 Å². The Hall–Kier alpha value is -3.29.